The van der Waals surface area contributed by atoms with E-state index < -0.39 is 15.4 Å². The number of rotatable bonds is 3. The van der Waals surface area contributed by atoms with Gasteiger partial charge in [-0.25, -0.2) is 18.2 Å². The summed E-state index contributed by atoms with van der Waals surface area (Å²) < 4.78 is 28.8. The van der Waals surface area contributed by atoms with Crippen LogP contribution in [0.4, 0.5) is 4.79 Å². The molecular formula is C19H31IN4O4S. The fraction of sp³-hybridized carbons (Fsp3) is 0.579. The Labute approximate surface area is 190 Å². The van der Waals surface area contributed by atoms with Crippen LogP contribution in [0.3, 0.4) is 0 Å². The van der Waals surface area contributed by atoms with E-state index in [2.05, 4.69) is 4.99 Å². The van der Waals surface area contributed by atoms with E-state index in [1.807, 2.05) is 31.7 Å². The van der Waals surface area contributed by atoms with Crippen molar-refractivity contribution in [1.29, 1.82) is 0 Å². The fourth-order valence-electron chi connectivity index (χ4n) is 2.94. The van der Waals surface area contributed by atoms with Gasteiger partial charge in [0.15, 0.2) is 15.8 Å². The lowest BCUT2D eigenvalue weighted by Gasteiger charge is -2.36. The van der Waals surface area contributed by atoms with Crippen molar-refractivity contribution in [1.82, 2.24) is 9.80 Å². The summed E-state index contributed by atoms with van der Waals surface area (Å²) in [4.78, 5) is 20.5. The highest BCUT2D eigenvalue weighted by Crippen LogP contribution is 2.17. The van der Waals surface area contributed by atoms with Gasteiger partial charge >= 0.3 is 6.09 Å². The van der Waals surface area contributed by atoms with Crippen molar-refractivity contribution < 1.29 is 17.9 Å². The van der Waals surface area contributed by atoms with Gasteiger partial charge in [-0.1, -0.05) is 12.1 Å². The number of halogens is 1. The lowest BCUT2D eigenvalue weighted by molar-refractivity contribution is 0.0186. The van der Waals surface area contributed by atoms with Crippen molar-refractivity contribution in [2.45, 2.75) is 44.7 Å². The molecule has 0 unspecified atom stereocenters. The summed E-state index contributed by atoms with van der Waals surface area (Å²) >= 11 is 0. The van der Waals surface area contributed by atoms with Crippen LogP contribution in [0.1, 0.15) is 31.9 Å². The van der Waals surface area contributed by atoms with E-state index >= 15 is 0 Å². The summed E-state index contributed by atoms with van der Waals surface area (Å²) in [6, 6.07) is 5.17. The first-order valence-corrected chi connectivity index (χ1v) is 11.1. The molecule has 8 nitrogen and oxygen atoms in total. The molecule has 1 aromatic rings. The van der Waals surface area contributed by atoms with E-state index in [0.29, 0.717) is 49.1 Å². The summed E-state index contributed by atoms with van der Waals surface area (Å²) in [6.45, 7) is 9.87. The van der Waals surface area contributed by atoms with Gasteiger partial charge < -0.3 is 20.3 Å². The highest BCUT2D eigenvalue weighted by Gasteiger charge is 2.26. The zero-order valence-corrected chi connectivity index (χ0v) is 20.8. The number of ether oxygens (including phenoxy) is 1. The molecule has 164 valence electrons. The molecule has 0 spiro atoms. The fourth-order valence-corrected chi connectivity index (χ4v) is 3.90. The van der Waals surface area contributed by atoms with Crippen LogP contribution in [0.15, 0.2) is 28.1 Å². The SMILES string of the molecule is Cc1cc(CN=C(N)N2CCN(C(=O)OC(C)(C)C)CC2)ccc1S(C)(=O)=O.I. The van der Waals surface area contributed by atoms with Crippen molar-refractivity contribution in [3.63, 3.8) is 0 Å². The lowest BCUT2D eigenvalue weighted by Crippen LogP contribution is -2.53. The number of amides is 1. The molecule has 1 amide bonds. The minimum Gasteiger partial charge on any atom is -0.444 e. The summed E-state index contributed by atoms with van der Waals surface area (Å²) in [5.41, 5.74) is 7.17. The van der Waals surface area contributed by atoms with Crippen molar-refractivity contribution in [2.75, 3.05) is 32.4 Å². The number of nitrogens with zero attached hydrogens (tertiary/aromatic N) is 3. The molecule has 1 saturated heterocycles. The van der Waals surface area contributed by atoms with Crippen LogP contribution in [0.25, 0.3) is 0 Å². The summed E-state index contributed by atoms with van der Waals surface area (Å²) in [6.07, 6.45) is 0.881. The van der Waals surface area contributed by atoms with Crippen molar-refractivity contribution in [2.24, 2.45) is 10.7 Å². The molecule has 0 atom stereocenters. The van der Waals surface area contributed by atoms with E-state index in [9.17, 15) is 13.2 Å². The molecule has 1 aliphatic rings. The molecule has 1 aromatic carbocycles. The number of sulfone groups is 1. The normalized spacial score (nSPS) is 15.7. The molecule has 2 rings (SSSR count). The minimum atomic E-state index is -3.23. The van der Waals surface area contributed by atoms with Gasteiger partial charge in [0.2, 0.25) is 0 Å². The molecule has 2 N–H and O–H groups in total. The van der Waals surface area contributed by atoms with Gasteiger partial charge in [0.1, 0.15) is 5.60 Å². The van der Waals surface area contributed by atoms with Gasteiger partial charge in [-0.15, -0.1) is 24.0 Å². The van der Waals surface area contributed by atoms with Gasteiger partial charge in [-0.05, 0) is 44.9 Å². The Kier molecular flexibility index (Phi) is 8.75. The Balaban J connectivity index is 0.00000420. The van der Waals surface area contributed by atoms with E-state index in [0.717, 1.165) is 5.56 Å². The number of nitrogens with two attached hydrogens (primary N) is 1. The predicted octanol–water partition coefficient (Wildman–Crippen LogP) is 2.38. The van der Waals surface area contributed by atoms with Crippen LogP contribution >= 0.6 is 24.0 Å². The third-order valence-electron chi connectivity index (χ3n) is 4.32. The first-order chi connectivity index (χ1) is 12.9. The number of aliphatic imine (C=N–C) groups is 1. The zero-order valence-electron chi connectivity index (χ0n) is 17.6. The Morgan fingerprint density at radius 1 is 1.17 bits per heavy atom. The second-order valence-electron chi connectivity index (χ2n) is 8.00. The highest BCUT2D eigenvalue weighted by atomic mass is 127. The van der Waals surface area contributed by atoms with Crippen molar-refractivity contribution in [3.8, 4) is 0 Å². The predicted molar refractivity (Wildman–Crippen MR) is 124 cm³/mol. The van der Waals surface area contributed by atoms with Gasteiger partial charge in [0.05, 0.1) is 11.4 Å². The molecule has 1 fully saturated rings. The number of aryl methyl sites for hydroxylation is 1. The largest absolute Gasteiger partial charge is 0.444 e. The lowest BCUT2D eigenvalue weighted by atomic mass is 10.1. The minimum absolute atomic E-state index is 0. The molecule has 0 saturated carbocycles. The van der Waals surface area contributed by atoms with Crippen LogP contribution in [0.5, 0.6) is 0 Å². The van der Waals surface area contributed by atoms with Crippen LogP contribution in [0.2, 0.25) is 0 Å². The maximum Gasteiger partial charge on any atom is 0.410 e. The van der Waals surface area contributed by atoms with E-state index in [4.69, 9.17) is 10.5 Å². The number of hydrogen-bond acceptors (Lipinski definition) is 5. The van der Waals surface area contributed by atoms with Crippen LogP contribution < -0.4 is 5.73 Å². The van der Waals surface area contributed by atoms with Crippen LogP contribution in [-0.2, 0) is 21.1 Å². The summed E-state index contributed by atoms with van der Waals surface area (Å²) in [5, 5.41) is 0. The number of carbonyl (C=O) groups excluding carboxylic acids is 1. The topological polar surface area (TPSA) is 105 Å². The average Bonchev–Trinajstić information content (AvgIpc) is 2.57. The molecule has 0 radical (unpaired) electrons. The molecule has 10 heteroatoms. The summed E-state index contributed by atoms with van der Waals surface area (Å²) in [7, 11) is -3.23. The standard InChI is InChI=1S/C19H30N4O4S.HI/c1-14-12-15(6-7-16(14)28(5,25)26)13-21-17(20)22-8-10-23(11-9-22)18(24)27-19(2,3)4;/h6-7,12H,8-11,13H2,1-5H3,(H2,20,21);1H. The maximum absolute atomic E-state index is 12.1. The number of benzene rings is 1. The number of hydrogen-bond donors (Lipinski definition) is 1. The van der Waals surface area contributed by atoms with E-state index in [-0.39, 0.29) is 30.1 Å². The van der Waals surface area contributed by atoms with Crippen LogP contribution in [0, 0.1) is 6.92 Å². The number of guanidine groups is 1. The van der Waals surface area contributed by atoms with Gasteiger partial charge in [-0.3, -0.25) is 0 Å². The van der Waals surface area contributed by atoms with Gasteiger partial charge in [0, 0.05) is 32.4 Å². The Bertz CT molecular complexity index is 857. The molecule has 29 heavy (non-hydrogen) atoms. The first kappa shape index (κ1) is 25.5. The second-order valence-corrected chi connectivity index (χ2v) is 9.99. The first-order valence-electron chi connectivity index (χ1n) is 9.19. The zero-order chi connectivity index (χ0) is 21.1. The Morgan fingerprint density at radius 3 is 2.21 bits per heavy atom. The third kappa shape index (κ3) is 7.65. The third-order valence-corrected chi connectivity index (χ3v) is 5.57. The van der Waals surface area contributed by atoms with Crippen LogP contribution in [-0.4, -0.2) is 68.3 Å². The Hall–Kier alpha value is -1.56. The Morgan fingerprint density at radius 2 is 1.72 bits per heavy atom. The van der Waals surface area contributed by atoms with Gasteiger partial charge in [-0.2, -0.15) is 0 Å². The van der Waals surface area contributed by atoms with E-state index in [1.165, 1.54) is 6.26 Å². The smallest absolute Gasteiger partial charge is 0.410 e. The summed E-state index contributed by atoms with van der Waals surface area (Å²) in [5.74, 6) is 0.411. The van der Waals surface area contributed by atoms with E-state index in [1.54, 1.807) is 24.0 Å². The number of piperazine rings is 1. The average molecular weight is 538 g/mol. The number of carbonyl (C=O) groups is 1. The quantitative estimate of drug-likeness (QED) is 0.360. The molecular weight excluding hydrogens is 507 g/mol. The maximum atomic E-state index is 12.1. The molecule has 1 heterocycles. The van der Waals surface area contributed by atoms with Gasteiger partial charge in [0.25, 0.3) is 0 Å². The second kappa shape index (κ2) is 9.96. The molecule has 1 aliphatic heterocycles. The highest BCUT2D eigenvalue weighted by molar-refractivity contribution is 14.0. The molecule has 0 aliphatic carbocycles. The molecule has 0 aromatic heterocycles. The molecule has 0 bridgehead atoms. The monoisotopic (exact) mass is 538 g/mol. The van der Waals surface area contributed by atoms with Crippen molar-refractivity contribution in [3.05, 3.63) is 29.3 Å². The van der Waals surface area contributed by atoms with Crippen molar-refractivity contribution >= 4 is 45.9 Å².